The summed E-state index contributed by atoms with van der Waals surface area (Å²) in [6.07, 6.45) is -5.16. The van der Waals surface area contributed by atoms with E-state index in [4.69, 9.17) is 4.74 Å². The summed E-state index contributed by atoms with van der Waals surface area (Å²) in [7, 11) is 0. The van der Waals surface area contributed by atoms with Crippen LogP contribution in [0.5, 0.6) is 5.75 Å². The van der Waals surface area contributed by atoms with Crippen LogP contribution in [0.3, 0.4) is 0 Å². The summed E-state index contributed by atoms with van der Waals surface area (Å²) in [5.41, 5.74) is -2.55. The maximum atomic E-state index is 13.9. The van der Waals surface area contributed by atoms with Crippen LogP contribution < -0.4 is 4.74 Å². The fourth-order valence-electron chi connectivity index (χ4n) is 1.99. The molecule has 0 unspecified atom stereocenters. The first-order valence-corrected chi connectivity index (χ1v) is 6.23. The van der Waals surface area contributed by atoms with E-state index >= 15 is 0 Å². The van der Waals surface area contributed by atoms with E-state index in [-0.39, 0.29) is 16.9 Å². The van der Waals surface area contributed by atoms with Gasteiger partial charge in [-0.15, -0.1) is 0 Å². The van der Waals surface area contributed by atoms with Crippen molar-refractivity contribution < 1.29 is 31.1 Å². The highest BCUT2D eigenvalue weighted by Gasteiger charge is 2.38. The van der Waals surface area contributed by atoms with Crippen molar-refractivity contribution in [1.82, 2.24) is 0 Å². The molecule has 0 spiro atoms. The van der Waals surface area contributed by atoms with Gasteiger partial charge in [0.15, 0.2) is 0 Å². The Hall–Kier alpha value is -2.18. The predicted octanol–water partition coefficient (Wildman–Crippen LogP) is 5.19. The van der Waals surface area contributed by atoms with E-state index in [2.05, 4.69) is 0 Å². The lowest BCUT2D eigenvalue weighted by Gasteiger charge is -2.12. The van der Waals surface area contributed by atoms with E-state index in [1.54, 1.807) is 6.92 Å². The average molecular weight is 320 g/mol. The maximum Gasteiger partial charge on any atom is 0.422 e. The molecule has 0 saturated heterocycles. The number of benzene rings is 2. The number of rotatable bonds is 3. The summed E-state index contributed by atoms with van der Waals surface area (Å²) in [5.74, 6) is -4.24. The van der Waals surface area contributed by atoms with E-state index in [0.717, 1.165) is 6.07 Å². The lowest BCUT2D eigenvalue weighted by molar-refractivity contribution is -0.142. The number of hydrogen-bond donors (Lipinski definition) is 0. The summed E-state index contributed by atoms with van der Waals surface area (Å²) in [5, 5.41) is 0. The molecule has 2 rings (SSSR count). The van der Waals surface area contributed by atoms with Crippen molar-refractivity contribution in [2.24, 2.45) is 0 Å². The van der Waals surface area contributed by atoms with Crippen molar-refractivity contribution in [3.05, 3.63) is 53.3 Å². The maximum absolute atomic E-state index is 13.9. The zero-order chi connectivity index (χ0) is 16.5. The first kappa shape index (κ1) is 16.2. The third kappa shape index (κ3) is 3.18. The Balaban J connectivity index is 2.51. The molecule has 0 fully saturated rings. The standard InChI is InChI=1S/C15H10F6O/c1-2-22-9-3-4-10(11(16)7-9)8-5-12(17)14(13(18)6-8)15(19,20)21/h3-7H,2H2,1H3. The average Bonchev–Trinajstić information content (AvgIpc) is 2.36. The van der Waals surface area contributed by atoms with Crippen molar-refractivity contribution in [1.29, 1.82) is 0 Å². The van der Waals surface area contributed by atoms with E-state index in [0.29, 0.717) is 18.7 Å². The molecule has 2 aromatic rings. The normalized spacial score (nSPS) is 11.6. The minimum atomic E-state index is -5.16. The molecule has 1 nitrogen and oxygen atoms in total. The molecule has 0 heterocycles. The summed E-state index contributed by atoms with van der Waals surface area (Å²) in [4.78, 5) is 0. The zero-order valence-corrected chi connectivity index (χ0v) is 11.3. The second kappa shape index (κ2) is 5.90. The Labute approximate surface area is 122 Å². The lowest BCUT2D eigenvalue weighted by atomic mass is 10.0. The number of halogens is 6. The highest BCUT2D eigenvalue weighted by Crippen LogP contribution is 2.36. The van der Waals surface area contributed by atoms with Gasteiger partial charge in [0.2, 0.25) is 0 Å². The largest absolute Gasteiger partial charge is 0.494 e. The molecule has 0 saturated carbocycles. The molecule has 22 heavy (non-hydrogen) atoms. The van der Waals surface area contributed by atoms with Gasteiger partial charge >= 0.3 is 6.18 Å². The van der Waals surface area contributed by atoms with Crippen LogP contribution in [-0.2, 0) is 6.18 Å². The van der Waals surface area contributed by atoms with Crippen LogP contribution in [0.25, 0.3) is 11.1 Å². The SMILES string of the molecule is CCOc1ccc(-c2cc(F)c(C(F)(F)F)c(F)c2)c(F)c1. The van der Waals surface area contributed by atoms with Crippen LogP contribution in [0, 0.1) is 17.5 Å². The minimum absolute atomic E-state index is 0.205. The molecule has 0 aliphatic heterocycles. The molecule has 7 heteroatoms. The third-order valence-corrected chi connectivity index (χ3v) is 2.89. The first-order chi connectivity index (χ1) is 10.2. The van der Waals surface area contributed by atoms with Crippen molar-refractivity contribution in [2.45, 2.75) is 13.1 Å². The molecule has 0 atom stereocenters. The fourth-order valence-corrected chi connectivity index (χ4v) is 1.99. The van der Waals surface area contributed by atoms with Crippen LogP contribution in [0.15, 0.2) is 30.3 Å². The summed E-state index contributed by atoms with van der Waals surface area (Å²) in [6, 6.07) is 4.43. The molecule has 0 N–H and O–H groups in total. The molecule has 0 aliphatic rings. The number of alkyl halides is 3. The van der Waals surface area contributed by atoms with Gasteiger partial charge < -0.3 is 4.74 Å². The van der Waals surface area contributed by atoms with Gasteiger partial charge in [-0.1, -0.05) is 0 Å². The van der Waals surface area contributed by atoms with Crippen LogP contribution >= 0.6 is 0 Å². The fraction of sp³-hybridized carbons (Fsp3) is 0.200. The number of ether oxygens (including phenoxy) is 1. The van der Waals surface area contributed by atoms with Gasteiger partial charge in [-0.3, -0.25) is 0 Å². The van der Waals surface area contributed by atoms with Crippen LogP contribution in [0.2, 0.25) is 0 Å². The molecule has 0 aromatic heterocycles. The van der Waals surface area contributed by atoms with Crippen molar-refractivity contribution >= 4 is 0 Å². The van der Waals surface area contributed by atoms with Crippen LogP contribution in [0.4, 0.5) is 26.3 Å². The smallest absolute Gasteiger partial charge is 0.422 e. The predicted molar refractivity (Wildman–Crippen MR) is 67.9 cm³/mol. The Morgan fingerprint density at radius 3 is 1.95 bits per heavy atom. The van der Waals surface area contributed by atoms with Gasteiger partial charge in [-0.2, -0.15) is 13.2 Å². The van der Waals surface area contributed by atoms with Crippen molar-refractivity contribution in [3.63, 3.8) is 0 Å². The van der Waals surface area contributed by atoms with E-state index in [9.17, 15) is 26.3 Å². The second-order valence-corrected chi connectivity index (χ2v) is 4.39. The molecule has 0 aliphatic carbocycles. The second-order valence-electron chi connectivity index (χ2n) is 4.39. The summed E-state index contributed by atoms with van der Waals surface area (Å²) >= 11 is 0. The summed E-state index contributed by atoms with van der Waals surface area (Å²) < 4.78 is 83.5. The van der Waals surface area contributed by atoms with Crippen molar-refractivity contribution in [2.75, 3.05) is 6.61 Å². The highest BCUT2D eigenvalue weighted by molar-refractivity contribution is 5.65. The molecule has 0 bridgehead atoms. The van der Waals surface area contributed by atoms with Crippen LogP contribution in [-0.4, -0.2) is 6.61 Å². The first-order valence-electron chi connectivity index (χ1n) is 6.23. The van der Waals surface area contributed by atoms with E-state index < -0.39 is 29.2 Å². The Morgan fingerprint density at radius 1 is 0.909 bits per heavy atom. The van der Waals surface area contributed by atoms with Gasteiger partial charge in [-0.05, 0) is 36.8 Å². The molecule has 118 valence electrons. The topological polar surface area (TPSA) is 9.23 Å². The van der Waals surface area contributed by atoms with E-state index in [1.807, 2.05) is 0 Å². The molecule has 2 aromatic carbocycles. The minimum Gasteiger partial charge on any atom is -0.494 e. The van der Waals surface area contributed by atoms with Crippen LogP contribution in [0.1, 0.15) is 12.5 Å². The Morgan fingerprint density at radius 2 is 1.50 bits per heavy atom. The molecule has 0 amide bonds. The number of hydrogen-bond acceptors (Lipinski definition) is 1. The lowest BCUT2D eigenvalue weighted by Crippen LogP contribution is -2.11. The van der Waals surface area contributed by atoms with Gasteiger partial charge in [0.05, 0.1) is 6.61 Å². The van der Waals surface area contributed by atoms with E-state index in [1.165, 1.54) is 12.1 Å². The van der Waals surface area contributed by atoms with Crippen molar-refractivity contribution in [3.8, 4) is 16.9 Å². The Bertz CT molecular complexity index is 670. The third-order valence-electron chi connectivity index (χ3n) is 2.89. The monoisotopic (exact) mass is 320 g/mol. The van der Waals surface area contributed by atoms with Gasteiger partial charge in [0.25, 0.3) is 0 Å². The quantitative estimate of drug-likeness (QED) is 0.707. The van der Waals surface area contributed by atoms with Gasteiger partial charge in [-0.25, -0.2) is 13.2 Å². The summed E-state index contributed by atoms with van der Waals surface area (Å²) in [6.45, 7) is 1.98. The highest BCUT2D eigenvalue weighted by atomic mass is 19.4. The zero-order valence-electron chi connectivity index (χ0n) is 11.3. The van der Waals surface area contributed by atoms with Gasteiger partial charge in [0.1, 0.15) is 28.8 Å². The van der Waals surface area contributed by atoms with Gasteiger partial charge in [0, 0.05) is 11.6 Å². The Kier molecular flexibility index (Phi) is 4.35. The molecule has 0 radical (unpaired) electrons. The molecular weight excluding hydrogens is 310 g/mol. The molecular formula is C15H10F6O.